The predicted octanol–water partition coefficient (Wildman–Crippen LogP) is 2.54. The molecule has 4 N–H and O–H groups in total. The highest BCUT2D eigenvalue weighted by atomic mass is 35.5. The van der Waals surface area contributed by atoms with Crippen molar-refractivity contribution in [3.8, 4) is 0 Å². The van der Waals surface area contributed by atoms with Crippen LogP contribution < -0.4 is 10.6 Å². The Kier molecular flexibility index (Phi) is 7.87. The summed E-state index contributed by atoms with van der Waals surface area (Å²) in [6, 6.07) is 4.22. The highest BCUT2D eigenvalue weighted by Gasteiger charge is 2.26. The topological polar surface area (TPSA) is 120 Å². The molecule has 2 amide bonds. The van der Waals surface area contributed by atoms with Gasteiger partial charge in [-0.2, -0.15) is 0 Å². The molecule has 0 saturated carbocycles. The second kappa shape index (κ2) is 10.8. The molecule has 2 aliphatic rings. The van der Waals surface area contributed by atoms with Gasteiger partial charge >= 0.3 is 6.03 Å². The molecule has 178 valence electrons. The summed E-state index contributed by atoms with van der Waals surface area (Å²) in [5.74, 6) is 0.503. The zero-order valence-electron chi connectivity index (χ0n) is 18.0. The maximum absolute atomic E-state index is 12.9. The summed E-state index contributed by atoms with van der Waals surface area (Å²) in [6.07, 6.45) is 3.76. The van der Waals surface area contributed by atoms with E-state index < -0.39 is 6.04 Å². The maximum atomic E-state index is 12.9. The Morgan fingerprint density at radius 1 is 1.30 bits per heavy atom. The van der Waals surface area contributed by atoms with E-state index in [-0.39, 0.29) is 31.4 Å². The van der Waals surface area contributed by atoms with Gasteiger partial charge in [0.15, 0.2) is 0 Å². The molecule has 1 aromatic heterocycles. The first-order chi connectivity index (χ1) is 16.0. The summed E-state index contributed by atoms with van der Waals surface area (Å²) < 4.78 is 5.50. The Morgan fingerprint density at radius 2 is 2.15 bits per heavy atom. The summed E-state index contributed by atoms with van der Waals surface area (Å²) in [5, 5.41) is 26.1. The van der Waals surface area contributed by atoms with Gasteiger partial charge in [0.2, 0.25) is 5.95 Å². The van der Waals surface area contributed by atoms with Crippen molar-refractivity contribution < 1.29 is 19.7 Å². The molecule has 0 unspecified atom stereocenters. The fourth-order valence-electron chi connectivity index (χ4n) is 4.07. The lowest BCUT2D eigenvalue weighted by atomic mass is 10.0. The van der Waals surface area contributed by atoms with Gasteiger partial charge in [-0.3, -0.25) is 0 Å². The lowest BCUT2D eigenvalue weighted by molar-refractivity contribution is -0.0213. The van der Waals surface area contributed by atoms with E-state index >= 15 is 0 Å². The molecule has 3 heterocycles. The van der Waals surface area contributed by atoms with Crippen LogP contribution in [0.3, 0.4) is 0 Å². The minimum absolute atomic E-state index is 0.00957. The van der Waals surface area contributed by atoms with Gasteiger partial charge in [-0.05, 0) is 42.5 Å². The zero-order valence-corrected chi connectivity index (χ0v) is 19.5. The van der Waals surface area contributed by atoms with E-state index in [1.807, 2.05) is 0 Å². The highest BCUT2D eigenvalue weighted by Crippen LogP contribution is 2.26. The van der Waals surface area contributed by atoms with E-state index in [9.17, 15) is 15.0 Å². The van der Waals surface area contributed by atoms with E-state index in [0.29, 0.717) is 54.1 Å². The van der Waals surface area contributed by atoms with Crippen LogP contribution in [0, 0.1) is 0 Å². The van der Waals surface area contributed by atoms with Crippen LogP contribution >= 0.6 is 23.2 Å². The smallest absolute Gasteiger partial charge is 0.318 e. The number of hydrogen-bond acceptors (Lipinski definition) is 7. The van der Waals surface area contributed by atoms with Crippen LogP contribution in [0.1, 0.15) is 35.7 Å². The van der Waals surface area contributed by atoms with E-state index in [4.69, 9.17) is 27.9 Å². The number of fused-ring (bicyclic) bond motifs is 1. The number of urea groups is 1. The SMILES string of the molecule is O=C(N[C@H](CO)c1ccc(Cl)c(Cl)c1)N1CCc2cnc(N[C@H]3CCO[C@@H](CO)C3)nc2C1. The molecule has 3 atom stereocenters. The van der Waals surface area contributed by atoms with Gasteiger partial charge < -0.3 is 30.5 Å². The van der Waals surface area contributed by atoms with Crippen molar-refractivity contribution in [2.75, 3.05) is 31.7 Å². The lowest BCUT2D eigenvalue weighted by Gasteiger charge is -2.31. The Morgan fingerprint density at radius 3 is 2.91 bits per heavy atom. The first kappa shape index (κ1) is 24.0. The summed E-state index contributed by atoms with van der Waals surface area (Å²) in [6.45, 7) is 1.15. The molecule has 0 spiro atoms. The molecule has 0 aliphatic carbocycles. The van der Waals surface area contributed by atoms with E-state index in [1.165, 1.54) is 0 Å². The fourth-order valence-corrected chi connectivity index (χ4v) is 4.38. The van der Waals surface area contributed by atoms with Crippen molar-refractivity contribution in [3.05, 3.63) is 51.3 Å². The minimum Gasteiger partial charge on any atom is -0.394 e. The highest BCUT2D eigenvalue weighted by molar-refractivity contribution is 6.42. The number of benzene rings is 1. The van der Waals surface area contributed by atoms with Crippen molar-refractivity contribution in [1.29, 1.82) is 0 Å². The van der Waals surface area contributed by atoms with E-state index in [0.717, 1.165) is 17.7 Å². The predicted molar refractivity (Wildman–Crippen MR) is 124 cm³/mol. The number of aliphatic hydroxyl groups is 2. The number of halogens is 2. The molecule has 0 bridgehead atoms. The number of nitrogens with zero attached hydrogens (tertiary/aromatic N) is 3. The quantitative estimate of drug-likeness (QED) is 0.485. The molecule has 1 aromatic carbocycles. The first-order valence-corrected chi connectivity index (χ1v) is 11.7. The average molecular weight is 496 g/mol. The molecule has 1 fully saturated rings. The standard InChI is InChI=1S/C22H27Cl2N5O4/c23-17-2-1-13(7-18(17)24)20(12-31)28-22(32)29-5-3-14-9-25-21(27-19(14)10-29)26-15-4-6-33-16(8-15)11-30/h1-2,7,9,15-16,20,30-31H,3-6,8,10-12H2,(H,28,32)(H,25,26,27)/t15-,16+,20+/m0/s1. The van der Waals surface area contributed by atoms with Crippen molar-refractivity contribution >= 4 is 35.2 Å². The lowest BCUT2D eigenvalue weighted by Crippen LogP contribution is -2.45. The number of rotatable bonds is 6. The fraction of sp³-hybridized carbons (Fsp3) is 0.500. The second-order valence-electron chi connectivity index (χ2n) is 8.24. The number of anilines is 1. The number of ether oxygens (including phenoxy) is 1. The molecule has 2 aromatic rings. The molecular formula is C22H27Cl2N5O4. The maximum Gasteiger partial charge on any atom is 0.318 e. The Balaban J connectivity index is 1.40. The zero-order chi connectivity index (χ0) is 23.4. The van der Waals surface area contributed by atoms with Crippen LogP contribution in [0.4, 0.5) is 10.7 Å². The monoisotopic (exact) mass is 495 g/mol. The average Bonchev–Trinajstić information content (AvgIpc) is 2.83. The van der Waals surface area contributed by atoms with Crippen LogP contribution in [0.15, 0.2) is 24.4 Å². The number of aliphatic hydroxyl groups excluding tert-OH is 2. The molecule has 1 saturated heterocycles. The van der Waals surface area contributed by atoms with Crippen LogP contribution in [0.25, 0.3) is 0 Å². The molecule has 0 radical (unpaired) electrons. The van der Waals surface area contributed by atoms with Gasteiger partial charge in [-0.25, -0.2) is 14.8 Å². The first-order valence-electron chi connectivity index (χ1n) is 10.9. The number of amides is 2. The Bertz CT molecular complexity index is 995. The summed E-state index contributed by atoms with van der Waals surface area (Å²) in [4.78, 5) is 23.6. The number of aromatic nitrogens is 2. The van der Waals surface area contributed by atoms with Crippen molar-refractivity contribution in [2.24, 2.45) is 0 Å². The van der Waals surface area contributed by atoms with Crippen LogP contribution in [-0.4, -0.2) is 69.6 Å². The van der Waals surface area contributed by atoms with Gasteiger partial charge in [0, 0.05) is 25.4 Å². The third-order valence-corrected chi connectivity index (χ3v) is 6.70. The molecule has 33 heavy (non-hydrogen) atoms. The van der Waals surface area contributed by atoms with Crippen LogP contribution in [0.2, 0.25) is 10.0 Å². The van der Waals surface area contributed by atoms with Gasteiger partial charge in [0.1, 0.15) is 0 Å². The molecule has 9 nitrogen and oxygen atoms in total. The molecule has 4 rings (SSSR count). The molecule has 11 heteroatoms. The minimum atomic E-state index is -0.607. The van der Waals surface area contributed by atoms with Gasteiger partial charge in [0.25, 0.3) is 0 Å². The number of carbonyl (C=O) groups excluding carboxylic acids is 1. The van der Waals surface area contributed by atoms with Crippen LogP contribution in [0.5, 0.6) is 0 Å². The van der Waals surface area contributed by atoms with Gasteiger partial charge in [-0.15, -0.1) is 0 Å². The Hall–Kier alpha value is -2.17. The van der Waals surface area contributed by atoms with Crippen molar-refractivity contribution in [3.63, 3.8) is 0 Å². The largest absolute Gasteiger partial charge is 0.394 e. The Labute approximate surface area is 202 Å². The number of nitrogens with one attached hydrogen (secondary N) is 2. The summed E-state index contributed by atoms with van der Waals surface area (Å²) >= 11 is 12.0. The van der Waals surface area contributed by atoms with Crippen molar-refractivity contribution in [2.45, 2.75) is 44.0 Å². The molecule has 2 aliphatic heterocycles. The van der Waals surface area contributed by atoms with Crippen molar-refractivity contribution in [1.82, 2.24) is 20.2 Å². The summed E-state index contributed by atoms with van der Waals surface area (Å²) in [5.41, 5.74) is 2.46. The number of hydrogen-bond donors (Lipinski definition) is 4. The van der Waals surface area contributed by atoms with Gasteiger partial charge in [0.05, 0.1) is 47.6 Å². The van der Waals surface area contributed by atoms with Crippen LogP contribution in [-0.2, 0) is 17.7 Å². The second-order valence-corrected chi connectivity index (χ2v) is 9.05. The number of carbonyl (C=O) groups is 1. The third kappa shape index (κ3) is 5.85. The normalized spacial score (nSPS) is 21.3. The van der Waals surface area contributed by atoms with Gasteiger partial charge in [-0.1, -0.05) is 29.3 Å². The molecular weight excluding hydrogens is 469 g/mol. The van der Waals surface area contributed by atoms with E-state index in [2.05, 4.69) is 20.6 Å². The summed E-state index contributed by atoms with van der Waals surface area (Å²) in [7, 11) is 0. The third-order valence-electron chi connectivity index (χ3n) is 5.96. The van der Waals surface area contributed by atoms with E-state index in [1.54, 1.807) is 29.3 Å².